The summed E-state index contributed by atoms with van der Waals surface area (Å²) < 4.78 is 5.52. The molecule has 0 aromatic heterocycles. The predicted octanol–water partition coefficient (Wildman–Crippen LogP) is 3.70. The number of rotatable bonds is 4. The summed E-state index contributed by atoms with van der Waals surface area (Å²) in [7, 11) is 0. The molecule has 3 rings (SSSR count). The molecule has 24 heavy (non-hydrogen) atoms. The molecular formula is C18H16ClNO4. The average molecular weight is 346 g/mol. The van der Waals surface area contributed by atoms with E-state index in [9.17, 15) is 14.7 Å². The highest BCUT2D eigenvalue weighted by molar-refractivity contribution is 6.32. The number of carbonyl (C=O) groups excluding carboxylic acids is 1. The van der Waals surface area contributed by atoms with Gasteiger partial charge in [-0.15, -0.1) is 0 Å². The van der Waals surface area contributed by atoms with Crippen LogP contribution in [0.4, 0.5) is 5.69 Å². The SMILES string of the molecule is CCOc1ccc2c(c1)C(C)(c1cc(C(=O)O)ccc1Cl)C(=O)N2. The molecule has 6 heteroatoms. The van der Waals surface area contributed by atoms with Gasteiger partial charge in [0.25, 0.3) is 0 Å². The van der Waals surface area contributed by atoms with E-state index in [0.717, 1.165) is 0 Å². The first-order valence-corrected chi connectivity index (χ1v) is 7.87. The summed E-state index contributed by atoms with van der Waals surface area (Å²) in [6.45, 7) is 4.12. The van der Waals surface area contributed by atoms with Crippen molar-refractivity contribution in [1.29, 1.82) is 0 Å². The Morgan fingerprint density at radius 3 is 2.67 bits per heavy atom. The normalized spacial score (nSPS) is 18.9. The van der Waals surface area contributed by atoms with Crippen molar-refractivity contribution in [3.05, 3.63) is 58.1 Å². The van der Waals surface area contributed by atoms with Crippen LogP contribution >= 0.6 is 11.6 Å². The fourth-order valence-corrected chi connectivity index (χ4v) is 3.29. The fraction of sp³-hybridized carbons (Fsp3) is 0.222. The molecule has 1 atom stereocenters. The molecule has 2 aromatic carbocycles. The number of fused-ring (bicyclic) bond motifs is 1. The minimum Gasteiger partial charge on any atom is -0.494 e. The summed E-state index contributed by atoms with van der Waals surface area (Å²) in [5.74, 6) is -0.682. The molecule has 124 valence electrons. The Morgan fingerprint density at radius 2 is 2.00 bits per heavy atom. The first-order chi connectivity index (χ1) is 11.4. The van der Waals surface area contributed by atoms with E-state index in [1.807, 2.05) is 6.92 Å². The minimum atomic E-state index is -1.09. The zero-order valence-corrected chi connectivity index (χ0v) is 14.0. The lowest BCUT2D eigenvalue weighted by Gasteiger charge is -2.25. The third kappa shape index (κ3) is 2.41. The van der Waals surface area contributed by atoms with E-state index >= 15 is 0 Å². The number of aromatic carboxylic acids is 1. The Bertz CT molecular complexity index is 849. The van der Waals surface area contributed by atoms with Crippen LogP contribution in [0.25, 0.3) is 0 Å². The predicted molar refractivity (Wildman–Crippen MR) is 91.1 cm³/mol. The maximum Gasteiger partial charge on any atom is 0.335 e. The molecule has 2 aromatic rings. The fourth-order valence-electron chi connectivity index (χ4n) is 2.98. The van der Waals surface area contributed by atoms with Crippen molar-refractivity contribution in [2.45, 2.75) is 19.3 Å². The second kappa shape index (κ2) is 5.83. The Kier molecular flexibility index (Phi) is 3.97. The number of carboxylic acids is 1. The molecule has 1 unspecified atom stereocenters. The molecule has 2 N–H and O–H groups in total. The Balaban J connectivity index is 2.21. The van der Waals surface area contributed by atoms with E-state index < -0.39 is 11.4 Å². The number of halogens is 1. The van der Waals surface area contributed by atoms with Gasteiger partial charge in [0.15, 0.2) is 0 Å². The summed E-state index contributed by atoms with van der Waals surface area (Å²) in [4.78, 5) is 24.0. The zero-order chi connectivity index (χ0) is 17.5. The number of carboxylic acid groups (broad SMARTS) is 1. The van der Waals surface area contributed by atoms with Crippen molar-refractivity contribution in [2.24, 2.45) is 0 Å². The number of ether oxygens (including phenoxy) is 1. The van der Waals surface area contributed by atoms with Crippen molar-refractivity contribution in [3.63, 3.8) is 0 Å². The number of carbonyl (C=O) groups is 2. The Hall–Kier alpha value is -2.53. The van der Waals surface area contributed by atoms with Crippen molar-refractivity contribution in [2.75, 3.05) is 11.9 Å². The van der Waals surface area contributed by atoms with Crippen LogP contribution in [0.3, 0.4) is 0 Å². The lowest BCUT2D eigenvalue weighted by atomic mass is 9.76. The second-order valence-electron chi connectivity index (χ2n) is 5.72. The van der Waals surface area contributed by atoms with Crippen LogP contribution < -0.4 is 10.1 Å². The van der Waals surface area contributed by atoms with Crippen molar-refractivity contribution < 1.29 is 19.4 Å². The van der Waals surface area contributed by atoms with Gasteiger partial charge >= 0.3 is 5.97 Å². The number of hydrogen-bond donors (Lipinski definition) is 2. The highest BCUT2D eigenvalue weighted by Gasteiger charge is 2.45. The molecule has 1 aliphatic heterocycles. The van der Waals surface area contributed by atoms with Crippen LogP contribution in [0.15, 0.2) is 36.4 Å². The lowest BCUT2D eigenvalue weighted by Crippen LogP contribution is -2.32. The van der Waals surface area contributed by atoms with Gasteiger partial charge in [0.1, 0.15) is 11.2 Å². The highest BCUT2D eigenvalue weighted by Crippen LogP contribution is 2.46. The molecule has 1 amide bonds. The Labute approximate surface area is 144 Å². The van der Waals surface area contributed by atoms with Gasteiger partial charge in [-0.05, 0) is 61.4 Å². The van der Waals surface area contributed by atoms with Crippen LogP contribution in [-0.2, 0) is 10.2 Å². The Morgan fingerprint density at radius 1 is 1.25 bits per heavy atom. The van der Waals surface area contributed by atoms with E-state index in [-0.39, 0.29) is 11.5 Å². The summed E-state index contributed by atoms with van der Waals surface area (Å²) >= 11 is 6.30. The molecule has 1 aliphatic rings. The van der Waals surface area contributed by atoms with E-state index in [2.05, 4.69) is 5.32 Å². The summed E-state index contributed by atoms with van der Waals surface area (Å²) in [6.07, 6.45) is 0. The molecule has 0 spiro atoms. The zero-order valence-electron chi connectivity index (χ0n) is 13.2. The van der Waals surface area contributed by atoms with Crippen LogP contribution in [0.1, 0.15) is 35.3 Å². The molecule has 0 aliphatic carbocycles. The smallest absolute Gasteiger partial charge is 0.335 e. The molecule has 5 nitrogen and oxygen atoms in total. The summed E-state index contributed by atoms with van der Waals surface area (Å²) in [6, 6.07) is 9.72. The molecule has 0 saturated heterocycles. The first kappa shape index (κ1) is 16.3. The monoisotopic (exact) mass is 345 g/mol. The van der Waals surface area contributed by atoms with E-state index in [1.54, 1.807) is 25.1 Å². The topological polar surface area (TPSA) is 75.6 Å². The van der Waals surface area contributed by atoms with Gasteiger partial charge in [-0.25, -0.2) is 4.79 Å². The van der Waals surface area contributed by atoms with Gasteiger partial charge in [0.05, 0.1) is 12.2 Å². The average Bonchev–Trinajstić information content (AvgIpc) is 2.80. The van der Waals surface area contributed by atoms with E-state index in [4.69, 9.17) is 16.3 Å². The van der Waals surface area contributed by atoms with Crippen LogP contribution in [0.5, 0.6) is 5.75 Å². The standard InChI is InChI=1S/C18H16ClNO4/c1-3-24-11-5-7-15-13(9-11)18(2,17(23)20-15)12-8-10(16(21)22)4-6-14(12)19/h4-9H,3H2,1-2H3,(H,20,23)(H,21,22). The van der Waals surface area contributed by atoms with E-state index in [1.165, 1.54) is 18.2 Å². The van der Waals surface area contributed by atoms with Crippen molar-refractivity contribution in [3.8, 4) is 5.75 Å². The highest BCUT2D eigenvalue weighted by atomic mass is 35.5. The number of nitrogens with one attached hydrogen (secondary N) is 1. The molecular weight excluding hydrogens is 330 g/mol. The lowest BCUT2D eigenvalue weighted by molar-refractivity contribution is -0.119. The third-order valence-electron chi connectivity index (χ3n) is 4.30. The molecule has 0 bridgehead atoms. The third-order valence-corrected chi connectivity index (χ3v) is 4.62. The number of anilines is 1. The van der Waals surface area contributed by atoms with Gasteiger partial charge in [-0.3, -0.25) is 4.79 Å². The van der Waals surface area contributed by atoms with Crippen LogP contribution in [0.2, 0.25) is 5.02 Å². The van der Waals surface area contributed by atoms with Gasteiger partial charge < -0.3 is 15.2 Å². The van der Waals surface area contributed by atoms with Crippen LogP contribution in [0, 0.1) is 0 Å². The largest absolute Gasteiger partial charge is 0.494 e. The second-order valence-corrected chi connectivity index (χ2v) is 6.13. The number of amides is 1. The molecule has 0 radical (unpaired) electrons. The minimum absolute atomic E-state index is 0.0813. The number of benzene rings is 2. The van der Waals surface area contributed by atoms with Crippen molar-refractivity contribution in [1.82, 2.24) is 0 Å². The number of hydrogen-bond acceptors (Lipinski definition) is 3. The molecule has 0 fully saturated rings. The molecule has 0 saturated carbocycles. The maximum atomic E-state index is 12.7. The summed E-state index contributed by atoms with van der Waals surface area (Å²) in [5, 5.41) is 12.4. The maximum absolute atomic E-state index is 12.7. The van der Waals surface area contributed by atoms with Gasteiger partial charge in [-0.1, -0.05) is 11.6 Å². The van der Waals surface area contributed by atoms with E-state index in [0.29, 0.717) is 34.2 Å². The van der Waals surface area contributed by atoms with Crippen molar-refractivity contribution >= 4 is 29.2 Å². The molecule has 1 heterocycles. The van der Waals surface area contributed by atoms with Gasteiger partial charge in [0.2, 0.25) is 5.91 Å². The van der Waals surface area contributed by atoms with Gasteiger partial charge in [0, 0.05) is 10.7 Å². The van der Waals surface area contributed by atoms with Gasteiger partial charge in [-0.2, -0.15) is 0 Å². The quantitative estimate of drug-likeness (QED) is 0.886. The summed E-state index contributed by atoms with van der Waals surface area (Å²) in [5.41, 5.74) is 0.822. The van der Waals surface area contributed by atoms with Crippen LogP contribution in [-0.4, -0.2) is 23.6 Å². The first-order valence-electron chi connectivity index (χ1n) is 7.50.